The van der Waals surface area contributed by atoms with E-state index in [2.05, 4.69) is 4.98 Å². The summed E-state index contributed by atoms with van der Waals surface area (Å²) in [6, 6.07) is 15.5. The zero-order valence-electron chi connectivity index (χ0n) is 25.4. The van der Waals surface area contributed by atoms with Crippen LogP contribution in [0.3, 0.4) is 0 Å². The zero-order chi connectivity index (χ0) is 32.1. The van der Waals surface area contributed by atoms with E-state index in [0.717, 1.165) is 9.87 Å². The number of hydrogen-bond acceptors (Lipinski definition) is 9. The van der Waals surface area contributed by atoms with Crippen LogP contribution >= 0.6 is 11.6 Å². The third-order valence-corrected chi connectivity index (χ3v) is 10.7. The SMILES string of the molecule is COc1ccc(S(=O)(=O)N2C(=O)C(c3cc(C(N)C(C)C)ccc3OC)(N3CCC[C@H]3c3ncco3)c3cc(Cl)ccc32)cc1. The number of amides is 1. The van der Waals surface area contributed by atoms with Crippen molar-refractivity contribution in [2.45, 2.75) is 49.2 Å². The lowest BCUT2D eigenvalue weighted by Gasteiger charge is -2.41. The van der Waals surface area contributed by atoms with Gasteiger partial charge in [0, 0.05) is 28.7 Å². The van der Waals surface area contributed by atoms with Crippen LogP contribution in [0.25, 0.3) is 0 Å². The second kappa shape index (κ2) is 11.8. The average Bonchev–Trinajstić information content (AvgIpc) is 3.79. The number of sulfonamides is 1. The van der Waals surface area contributed by atoms with Crippen LogP contribution < -0.4 is 19.5 Å². The highest BCUT2D eigenvalue weighted by molar-refractivity contribution is 7.93. The highest BCUT2D eigenvalue weighted by Crippen LogP contribution is 2.57. The number of fused-ring (bicyclic) bond motifs is 1. The normalized spacial score (nSPS) is 20.9. The van der Waals surface area contributed by atoms with Crippen molar-refractivity contribution in [3.8, 4) is 11.5 Å². The summed E-state index contributed by atoms with van der Waals surface area (Å²) in [7, 11) is -1.41. The second-order valence-electron chi connectivity index (χ2n) is 11.6. The van der Waals surface area contributed by atoms with E-state index in [1.807, 2.05) is 30.9 Å². The van der Waals surface area contributed by atoms with Gasteiger partial charge in [-0.25, -0.2) is 17.7 Å². The van der Waals surface area contributed by atoms with Gasteiger partial charge in [0.15, 0.2) is 5.54 Å². The molecule has 0 aliphatic carbocycles. The van der Waals surface area contributed by atoms with Gasteiger partial charge in [0.1, 0.15) is 17.8 Å². The number of nitrogens with zero attached hydrogens (tertiary/aromatic N) is 3. The maximum Gasteiger partial charge on any atom is 0.271 e. The van der Waals surface area contributed by atoms with E-state index >= 15 is 4.79 Å². The van der Waals surface area contributed by atoms with Gasteiger partial charge in [-0.3, -0.25) is 9.69 Å². The van der Waals surface area contributed by atoms with Gasteiger partial charge < -0.3 is 19.6 Å². The van der Waals surface area contributed by atoms with Crippen molar-refractivity contribution >= 4 is 33.2 Å². The molecule has 2 aliphatic rings. The molecule has 12 heteroatoms. The lowest BCUT2D eigenvalue weighted by Crippen LogP contribution is -2.54. The van der Waals surface area contributed by atoms with Crippen LogP contribution in [0.5, 0.6) is 11.5 Å². The second-order valence-corrected chi connectivity index (χ2v) is 13.8. The summed E-state index contributed by atoms with van der Waals surface area (Å²) in [6.45, 7) is 4.47. The number of nitrogens with two attached hydrogens (primary N) is 1. The molecular formula is C33H35ClN4O6S. The number of oxazole rings is 1. The number of halogens is 1. The maximum atomic E-state index is 15.4. The molecule has 2 aliphatic heterocycles. The lowest BCUT2D eigenvalue weighted by atomic mass is 9.79. The number of methoxy groups -OCH3 is 2. The summed E-state index contributed by atoms with van der Waals surface area (Å²) in [5, 5.41) is 0.343. The molecule has 0 bridgehead atoms. The Labute approximate surface area is 267 Å². The van der Waals surface area contributed by atoms with Crippen molar-refractivity contribution in [3.05, 3.63) is 101 Å². The molecule has 0 radical (unpaired) electrons. The summed E-state index contributed by atoms with van der Waals surface area (Å²) >= 11 is 6.64. The van der Waals surface area contributed by atoms with Crippen LogP contribution in [0.4, 0.5) is 5.69 Å². The van der Waals surface area contributed by atoms with Gasteiger partial charge in [0.05, 0.1) is 37.0 Å². The van der Waals surface area contributed by atoms with Crippen LogP contribution in [0, 0.1) is 5.92 Å². The summed E-state index contributed by atoms with van der Waals surface area (Å²) in [4.78, 5) is 21.8. The van der Waals surface area contributed by atoms with E-state index in [0.29, 0.717) is 52.9 Å². The van der Waals surface area contributed by atoms with Gasteiger partial charge in [0.2, 0.25) is 5.89 Å². The highest BCUT2D eigenvalue weighted by atomic mass is 35.5. The summed E-state index contributed by atoms with van der Waals surface area (Å²) in [5.41, 5.74) is 6.78. The molecule has 1 aromatic heterocycles. The Kier molecular flexibility index (Phi) is 8.15. The average molecular weight is 651 g/mol. The van der Waals surface area contributed by atoms with E-state index in [4.69, 9.17) is 31.2 Å². The standard InChI is InChI=1S/C33H35ClN4O6S/c1-20(2)30(35)21-7-14-29(43-4)26(18-21)33(37-16-5-6-28(37)31-36-15-17-44-31)25-19-22(34)8-13-27(25)38(32(33)39)45(40,41)24-11-9-23(42-3)10-12-24/h7-15,17-20,28,30H,5-6,16,35H2,1-4H3/t28-,30?,33?/m0/s1. The summed E-state index contributed by atoms with van der Waals surface area (Å²) < 4.78 is 46.8. The van der Waals surface area contributed by atoms with Crippen molar-refractivity contribution in [1.82, 2.24) is 9.88 Å². The fraction of sp³-hybridized carbons (Fsp3) is 0.333. The van der Waals surface area contributed by atoms with Gasteiger partial charge in [-0.05, 0) is 78.9 Å². The van der Waals surface area contributed by atoms with Crippen LogP contribution in [0.1, 0.15) is 61.4 Å². The van der Waals surface area contributed by atoms with Gasteiger partial charge in [0.25, 0.3) is 15.9 Å². The molecule has 236 valence electrons. The minimum absolute atomic E-state index is 0.0680. The first-order valence-electron chi connectivity index (χ1n) is 14.7. The molecule has 3 aromatic carbocycles. The molecule has 4 aromatic rings. The number of likely N-dealkylation sites (tertiary alicyclic amines) is 1. The molecule has 0 spiro atoms. The van der Waals surface area contributed by atoms with E-state index in [1.165, 1.54) is 32.6 Å². The number of benzene rings is 3. The molecule has 2 unspecified atom stereocenters. The third kappa shape index (κ3) is 4.89. The number of aromatic nitrogens is 1. The number of carbonyl (C=O) groups excluding carboxylic acids is 1. The zero-order valence-corrected chi connectivity index (χ0v) is 27.0. The van der Waals surface area contributed by atoms with Crippen molar-refractivity contribution in [1.29, 1.82) is 0 Å². The first-order valence-corrected chi connectivity index (χ1v) is 16.5. The van der Waals surface area contributed by atoms with E-state index in [1.54, 1.807) is 42.6 Å². The molecule has 10 nitrogen and oxygen atoms in total. The Morgan fingerprint density at radius 1 is 1.04 bits per heavy atom. The molecule has 2 N–H and O–H groups in total. The van der Waals surface area contributed by atoms with E-state index in [-0.39, 0.29) is 22.5 Å². The number of carbonyl (C=O) groups is 1. The lowest BCUT2D eigenvalue weighted by molar-refractivity contribution is -0.127. The number of ether oxygens (including phenoxy) is 2. The van der Waals surface area contributed by atoms with E-state index < -0.39 is 27.5 Å². The van der Waals surface area contributed by atoms with Crippen LogP contribution in [0.15, 0.2) is 82.4 Å². The number of anilines is 1. The van der Waals surface area contributed by atoms with Crippen molar-refractivity contribution < 1.29 is 27.1 Å². The molecule has 6 rings (SSSR count). The molecule has 0 saturated carbocycles. The third-order valence-electron chi connectivity index (χ3n) is 8.80. The van der Waals surface area contributed by atoms with Gasteiger partial charge in [-0.1, -0.05) is 31.5 Å². The molecule has 1 saturated heterocycles. The fourth-order valence-corrected chi connectivity index (χ4v) is 8.19. The predicted octanol–water partition coefficient (Wildman–Crippen LogP) is 5.82. The molecule has 3 heterocycles. The first kappa shape index (κ1) is 31.1. The van der Waals surface area contributed by atoms with Crippen molar-refractivity contribution in [3.63, 3.8) is 0 Å². The minimum atomic E-state index is -4.42. The van der Waals surface area contributed by atoms with Gasteiger partial charge in [-0.15, -0.1) is 0 Å². The predicted molar refractivity (Wildman–Crippen MR) is 170 cm³/mol. The van der Waals surface area contributed by atoms with E-state index in [9.17, 15) is 8.42 Å². The Hall–Kier alpha value is -3.90. The molecular weight excluding hydrogens is 616 g/mol. The topological polar surface area (TPSA) is 128 Å². The molecule has 1 amide bonds. The monoisotopic (exact) mass is 650 g/mol. The summed E-state index contributed by atoms with van der Waals surface area (Å²) in [6.07, 6.45) is 4.38. The first-order chi connectivity index (χ1) is 21.5. The van der Waals surface area contributed by atoms with Gasteiger partial charge >= 0.3 is 0 Å². The summed E-state index contributed by atoms with van der Waals surface area (Å²) in [5.74, 6) is 0.700. The maximum absolute atomic E-state index is 15.4. The minimum Gasteiger partial charge on any atom is -0.497 e. The fourth-order valence-electron chi connectivity index (χ4n) is 6.56. The Balaban J connectivity index is 1.68. The van der Waals surface area contributed by atoms with Crippen LogP contribution in [-0.4, -0.2) is 45.0 Å². The molecule has 1 fully saturated rings. The Morgan fingerprint density at radius 2 is 1.80 bits per heavy atom. The number of hydrogen-bond donors (Lipinski definition) is 1. The quantitative estimate of drug-likeness (QED) is 0.238. The molecule has 3 atom stereocenters. The highest BCUT2D eigenvalue weighted by Gasteiger charge is 2.63. The molecule has 45 heavy (non-hydrogen) atoms. The van der Waals surface area contributed by atoms with Crippen molar-refractivity contribution in [2.75, 3.05) is 25.1 Å². The van der Waals surface area contributed by atoms with Crippen LogP contribution in [-0.2, 0) is 20.4 Å². The number of rotatable bonds is 9. The van der Waals surface area contributed by atoms with Crippen LogP contribution in [0.2, 0.25) is 5.02 Å². The van der Waals surface area contributed by atoms with Crippen molar-refractivity contribution in [2.24, 2.45) is 11.7 Å². The Bertz CT molecular complexity index is 1830. The Morgan fingerprint density at radius 3 is 2.44 bits per heavy atom. The smallest absolute Gasteiger partial charge is 0.271 e. The largest absolute Gasteiger partial charge is 0.497 e. The van der Waals surface area contributed by atoms with Gasteiger partial charge in [-0.2, -0.15) is 0 Å².